The van der Waals surface area contributed by atoms with E-state index in [-0.39, 0.29) is 24.3 Å². The highest BCUT2D eigenvalue weighted by atomic mass is 17.1. The van der Waals surface area contributed by atoms with Crippen molar-refractivity contribution in [3.63, 3.8) is 0 Å². The first-order chi connectivity index (χ1) is 19.3. The highest BCUT2D eigenvalue weighted by Gasteiger charge is 2.51. The Kier molecular flexibility index (Phi) is 11.8. The van der Waals surface area contributed by atoms with Gasteiger partial charge in [0.2, 0.25) is 17.7 Å². The fourth-order valence-electron chi connectivity index (χ4n) is 4.73. The Bertz CT molecular complexity index is 1070. The van der Waals surface area contributed by atoms with Crippen LogP contribution in [0.15, 0.2) is 36.4 Å². The summed E-state index contributed by atoms with van der Waals surface area (Å²) in [7, 11) is 0. The lowest BCUT2D eigenvalue weighted by molar-refractivity contribution is -0.253. The SMILES string of the molecule is NCCCC[C@H](NC(=O)C1(C(=O)NCCCCCN2C(=O)C=CC2=O)CCC1)C(=O)Nc1ccc(COO)cc1. The van der Waals surface area contributed by atoms with Crippen molar-refractivity contribution in [2.24, 2.45) is 11.1 Å². The topological polar surface area (TPSA) is 180 Å². The number of nitrogens with two attached hydrogens (primary N) is 1. The second-order valence-corrected chi connectivity index (χ2v) is 10.2. The molecule has 3 rings (SSSR count). The second kappa shape index (κ2) is 15.2. The van der Waals surface area contributed by atoms with Gasteiger partial charge in [-0.25, -0.2) is 4.89 Å². The number of carbonyl (C=O) groups is 5. The third-order valence-corrected chi connectivity index (χ3v) is 7.34. The Morgan fingerprint density at radius 3 is 2.27 bits per heavy atom. The number of hydrogen-bond donors (Lipinski definition) is 5. The van der Waals surface area contributed by atoms with E-state index < -0.39 is 23.3 Å². The predicted molar refractivity (Wildman–Crippen MR) is 146 cm³/mol. The molecule has 1 atom stereocenters. The van der Waals surface area contributed by atoms with Gasteiger partial charge in [-0.3, -0.25) is 34.1 Å². The summed E-state index contributed by atoms with van der Waals surface area (Å²) < 4.78 is 0. The van der Waals surface area contributed by atoms with Crippen molar-refractivity contribution < 1.29 is 34.1 Å². The van der Waals surface area contributed by atoms with Crippen LogP contribution >= 0.6 is 0 Å². The molecule has 0 bridgehead atoms. The van der Waals surface area contributed by atoms with Crippen LogP contribution in [0.3, 0.4) is 0 Å². The maximum atomic E-state index is 13.4. The van der Waals surface area contributed by atoms with Gasteiger partial charge >= 0.3 is 0 Å². The number of carbonyl (C=O) groups excluding carboxylic acids is 5. The number of anilines is 1. The molecular formula is C28H39N5O7. The molecule has 1 heterocycles. The highest BCUT2D eigenvalue weighted by Crippen LogP contribution is 2.41. The Balaban J connectivity index is 1.50. The van der Waals surface area contributed by atoms with E-state index in [9.17, 15) is 24.0 Å². The number of unbranched alkanes of at least 4 members (excludes halogenated alkanes) is 3. The van der Waals surface area contributed by atoms with Crippen LogP contribution in [0.25, 0.3) is 0 Å². The summed E-state index contributed by atoms with van der Waals surface area (Å²) in [6.07, 6.45) is 7.72. The molecule has 2 aliphatic rings. The van der Waals surface area contributed by atoms with Crippen molar-refractivity contribution in [1.29, 1.82) is 0 Å². The van der Waals surface area contributed by atoms with Crippen LogP contribution in [0.4, 0.5) is 5.69 Å². The third kappa shape index (κ3) is 8.20. The summed E-state index contributed by atoms with van der Waals surface area (Å²) >= 11 is 0. The van der Waals surface area contributed by atoms with Gasteiger partial charge in [0.15, 0.2) is 0 Å². The average molecular weight is 558 g/mol. The molecular weight excluding hydrogens is 518 g/mol. The molecule has 1 saturated carbocycles. The van der Waals surface area contributed by atoms with Crippen LogP contribution in [0, 0.1) is 5.41 Å². The van der Waals surface area contributed by atoms with Gasteiger partial charge in [-0.2, -0.15) is 0 Å². The maximum absolute atomic E-state index is 13.4. The van der Waals surface area contributed by atoms with Crippen molar-refractivity contribution in [3.05, 3.63) is 42.0 Å². The molecule has 0 radical (unpaired) electrons. The first-order valence-electron chi connectivity index (χ1n) is 13.8. The Labute approximate surface area is 233 Å². The average Bonchev–Trinajstić information content (AvgIpc) is 3.23. The van der Waals surface area contributed by atoms with Crippen LogP contribution in [-0.2, 0) is 35.5 Å². The van der Waals surface area contributed by atoms with Crippen molar-refractivity contribution in [2.75, 3.05) is 25.0 Å². The zero-order valence-electron chi connectivity index (χ0n) is 22.7. The van der Waals surface area contributed by atoms with Gasteiger partial charge in [0.1, 0.15) is 18.1 Å². The molecule has 1 aliphatic carbocycles. The Morgan fingerprint density at radius 2 is 1.68 bits per heavy atom. The molecule has 218 valence electrons. The number of hydrogen-bond acceptors (Lipinski definition) is 8. The minimum absolute atomic E-state index is 0.0223. The first-order valence-corrected chi connectivity index (χ1v) is 13.8. The number of rotatable bonds is 17. The van der Waals surface area contributed by atoms with E-state index in [1.54, 1.807) is 24.3 Å². The van der Waals surface area contributed by atoms with E-state index in [0.29, 0.717) is 76.7 Å². The molecule has 12 heteroatoms. The summed E-state index contributed by atoms with van der Waals surface area (Å²) in [5.74, 6) is -1.82. The van der Waals surface area contributed by atoms with Crippen LogP contribution in [0.1, 0.15) is 63.4 Å². The fraction of sp³-hybridized carbons (Fsp3) is 0.536. The summed E-state index contributed by atoms with van der Waals surface area (Å²) in [5.41, 5.74) is 5.65. The summed E-state index contributed by atoms with van der Waals surface area (Å²) in [6.45, 7) is 1.19. The number of nitrogens with one attached hydrogen (secondary N) is 3. The molecule has 5 amide bonds. The molecule has 0 aromatic heterocycles. The Hall–Kier alpha value is -3.61. The number of imide groups is 1. The summed E-state index contributed by atoms with van der Waals surface area (Å²) in [6, 6.07) is 5.90. The van der Waals surface area contributed by atoms with Crippen LogP contribution in [-0.4, -0.2) is 65.4 Å². The van der Waals surface area contributed by atoms with Crippen molar-refractivity contribution in [3.8, 4) is 0 Å². The molecule has 1 fully saturated rings. The molecule has 0 unspecified atom stereocenters. The van der Waals surface area contributed by atoms with E-state index in [4.69, 9.17) is 11.0 Å². The lowest BCUT2D eigenvalue weighted by Gasteiger charge is -2.39. The lowest BCUT2D eigenvalue weighted by atomic mass is 9.67. The molecule has 40 heavy (non-hydrogen) atoms. The monoisotopic (exact) mass is 557 g/mol. The molecule has 0 spiro atoms. The van der Waals surface area contributed by atoms with Gasteiger partial charge in [-0.05, 0) is 75.6 Å². The molecule has 1 aliphatic heterocycles. The predicted octanol–water partition coefficient (Wildman–Crippen LogP) is 1.61. The number of benzene rings is 1. The van der Waals surface area contributed by atoms with Crippen molar-refractivity contribution in [1.82, 2.24) is 15.5 Å². The van der Waals surface area contributed by atoms with E-state index in [0.717, 1.165) is 12.0 Å². The molecule has 6 N–H and O–H groups in total. The van der Waals surface area contributed by atoms with Gasteiger partial charge in [0.05, 0.1) is 0 Å². The highest BCUT2D eigenvalue weighted by molar-refractivity contribution is 6.12. The van der Waals surface area contributed by atoms with E-state index in [2.05, 4.69) is 20.8 Å². The van der Waals surface area contributed by atoms with E-state index in [1.165, 1.54) is 17.1 Å². The van der Waals surface area contributed by atoms with Crippen LogP contribution in [0.2, 0.25) is 0 Å². The first kappa shape index (κ1) is 30.9. The van der Waals surface area contributed by atoms with Gasteiger partial charge < -0.3 is 21.7 Å². The van der Waals surface area contributed by atoms with Gasteiger partial charge in [0.25, 0.3) is 11.8 Å². The Morgan fingerprint density at radius 1 is 0.975 bits per heavy atom. The van der Waals surface area contributed by atoms with E-state index >= 15 is 0 Å². The zero-order chi connectivity index (χ0) is 29.0. The normalized spacial score (nSPS) is 16.4. The fourth-order valence-corrected chi connectivity index (χ4v) is 4.73. The van der Waals surface area contributed by atoms with Crippen LogP contribution < -0.4 is 21.7 Å². The smallest absolute Gasteiger partial charge is 0.253 e. The minimum Gasteiger partial charge on any atom is -0.355 e. The standard InChI is InChI=1S/C28H39N5O7/c29-16-3-2-7-22(25(36)31-21-10-8-20(9-11-21)19-40-39)32-27(38)28(14-6-15-28)26(37)30-17-4-1-5-18-33-23(34)12-13-24(33)35/h8-13,22,39H,1-7,14-19,29H2,(H,30,37)(H,31,36)(H,32,38)/t22-/m0/s1. The number of nitrogens with zero attached hydrogens (tertiary/aromatic N) is 1. The van der Waals surface area contributed by atoms with Gasteiger partial charge in [-0.1, -0.05) is 18.6 Å². The third-order valence-electron chi connectivity index (χ3n) is 7.34. The maximum Gasteiger partial charge on any atom is 0.253 e. The largest absolute Gasteiger partial charge is 0.355 e. The summed E-state index contributed by atoms with van der Waals surface area (Å²) in [4.78, 5) is 68.1. The summed E-state index contributed by atoms with van der Waals surface area (Å²) in [5, 5.41) is 17.1. The molecule has 1 aromatic carbocycles. The van der Waals surface area contributed by atoms with Gasteiger partial charge in [-0.15, -0.1) is 0 Å². The zero-order valence-corrected chi connectivity index (χ0v) is 22.7. The number of amides is 5. The molecule has 1 aromatic rings. The second-order valence-electron chi connectivity index (χ2n) is 10.2. The molecule has 0 saturated heterocycles. The quantitative estimate of drug-likeness (QED) is 0.0630. The molecule has 12 nitrogen and oxygen atoms in total. The van der Waals surface area contributed by atoms with E-state index in [1.807, 2.05) is 0 Å². The van der Waals surface area contributed by atoms with Gasteiger partial charge in [0, 0.05) is 30.9 Å². The minimum atomic E-state index is -1.21. The van der Waals surface area contributed by atoms with Crippen LogP contribution in [0.5, 0.6) is 0 Å². The lowest BCUT2D eigenvalue weighted by Crippen LogP contribution is -2.58. The van der Waals surface area contributed by atoms with Crippen molar-refractivity contribution >= 4 is 35.2 Å². The van der Waals surface area contributed by atoms with Crippen molar-refractivity contribution in [2.45, 2.75) is 70.4 Å².